The van der Waals surface area contributed by atoms with E-state index in [2.05, 4.69) is 5.32 Å². The van der Waals surface area contributed by atoms with E-state index in [9.17, 15) is 4.39 Å². The van der Waals surface area contributed by atoms with Crippen molar-refractivity contribution in [2.45, 2.75) is 13.0 Å². The lowest BCUT2D eigenvalue weighted by atomic mass is 10.1. The molecule has 0 fully saturated rings. The van der Waals surface area contributed by atoms with Crippen LogP contribution in [-0.4, -0.2) is 20.3 Å². The third kappa shape index (κ3) is 3.91. The number of halogens is 1. The zero-order chi connectivity index (χ0) is 13.5. The molecule has 0 aliphatic rings. The van der Waals surface area contributed by atoms with Crippen molar-refractivity contribution < 1.29 is 13.5 Å². The Morgan fingerprint density at radius 1 is 1.21 bits per heavy atom. The van der Waals surface area contributed by atoms with Gasteiger partial charge in [-0.3, -0.25) is 0 Å². The highest BCUT2D eigenvalue weighted by molar-refractivity contribution is 5.58. The number of hydrogen-bond donors (Lipinski definition) is 1. The minimum absolute atomic E-state index is 0.267. The first-order valence-corrected chi connectivity index (χ1v) is 6.34. The fourth-order valence-corrected chi connectivity index (χ4v) is 1.83. The van der Waals surface area contributed by atoms with Crippen molar-refractivity contribution >= 4 is 0 Å². The van der Waals surface area contributed by atoms with E-state index in [1.807, 2.05) is 6.07 Å². The van der Waals surface area contributed by atoms with Gasteiger partial charge in [0.15, 0.2) is 0 Å². The third-order valence-electron chi connectivity index (χ3n) is 2.80. The number of benzene rings is 1. The molecule has 4 heteroatoms. The number of hydrogen-bond acceptors (Lipinski definition) is 3. The second kappa shape index (κ2) is 7.07. The Hall–Kier alpha value is -1.65. The first kappa shape index (κ1) is 13.8. The molecule has 102 valence electrons. The molecule has 0 spiro atoms. The summed E-state index contributed by atoms with van der Waals surface area (Å²) in [6, 6.07) is 10.3. The van der Waals surface area contributed by atoms with Gasteiger partial charge in [0.2, 0.25) is 0 Å². The SMILES string of the molecule is COCCCNCc1ccc(-c2ccccc2F)o1. The number of nitrogens with one attached hydrogen (secondary N) is 1. The summed E-state index contributed by atoms with van der Waals surface area (Å²) in [7, 11) is 1.69. The summed E-state index contributed by atoms with van der Waals surface area (Å²) in [6.45, 7) is 2.24. The van der Waals surface area contributed by atoms with Crippen LogP contribution in [0.25, 0.3) is 11.3 Å². The lowest BCUT2D eigenvalue weighted by Gasteiger charge is -2.02. The summed E-state index contributed by atoms with van der Waals surface area (Å²) < 4.78 is 24.2. The molecule has 0 radical (unpaired) electrons. The molecular formula is C15H18FNO2. The van der Waals surface area contributed by atoms with Gasteiger partial charge in [-0.05, 0) is 37.2 Å². The maximum Gasteiger partial charge on any atom is 0.137 e. The first-order chi connectivity index (χ1) is 9.31. The molecule has 1 N–H and O–H groups in total. The van der Waals surface area contributed by atoms with Gasteiger partial charge in [-0.2, -0.15) is 0 Å². The standard InChI is InChI=1S/C15H18FNO2/c1-18-10-4-9-17-11-12-7-8-15(19-12)13-5-2-3-6-14(13)16/h2-3,5-8,17H,4,9-11H2,1H3. The van der Waals surface area contributed by atoms with Gasteiger partial charge in [0.25, 0.3) is 0 Å². The van der Waals surface area contributed by atoms with E-state index in [4.69, 9.17) is 9.15 Å². The number of rotatable bonds is 7. The average molecular weight is 263 g/mol. The molecule has 0 aliphatic carbocycles. The maximum absolute atomic E-state index is 13.6. The summed E-state index contributed by atoms with van der Waals surface area (Å²) >= 11 is 0. The largest absolute Gasteiger partial charge is 0.460 e. The molecule has 2 aromatic rings. The normalized spacial score (nSPS) is 10.8. The highest BCUT2D eigenvalue weighted by Crippen LogP contribution is 2.24. The number of methoxy groups -OCH3 is 1. The second-order valence-corrected chi connectivity index (χ2v) is 4.27. The predicted molar refractivity (Wildman–Crippen MR) is 72.3 cm³/mol. The van der Waals surface area contributed by atoms with Crippen LogP contribution in [0.2, 0.25) is 0 Å². The molecule has 3 nitrogen and oxygen atoms in total. The lowest BCUT2D eigenvalue weighted by molar-refractivity contribution is 0.194. The minimum Gasteiger partial charge on any atom is -0.460 e. The molecule has 0 atom stereocenters. The van der Waals surface area contributed by atoms with Gasteiger partial charge < -0.3 is 14.5 Å². The average Bonchev–Trinajstić information content (AvgIpc) is 2.88. The zero-order valence-electron chi connectivity index (χ0n) is 11.0. The van der Waals surface area contributed by atoms with E-state index in [1.165, 1.54) is 6.07 Å². The molecule has 2 rings (SSSR count). The molecule has 0 bridgehead atoms. The van der Waals surface area contributed by atoms with Crippen molar-refractivity contribution in [1.82, 2.24) is 5.32 Å². The van der Waals surface area contributed by atoms with E-state index < -0.39 is 0 Å². The van der Waals surface area contributed by atoms with Crippen LogP contribution in [0.5, 0.6) is 0 Å². The molecule has 1 aromatic carbocycles. The van der Waals surface area contributed by atoms with Crippen LogP contribution in [0.3, 0.4) is 0 Å². The zero-order valence-corrected chi connectivity index (χ0v) is 11.0. The van der Waals surface area contributed by atoms with Gasteiger partial charge in [0, 0.05) is 13.7 Å². The van der Waals surface area contributed by atoms with Gasteiger partial charge in [-0.15, -0.1) is 0 Å². The fourth-order valence-electron chi connectivity index (χ4n) is 1.83. The molecule has 19 heavy (non-hydrogen) atoms. The van der Waals surface area contributed by atoms with Gasteiger partial charge in [0.05, 0.1) is 12.1 Å². The van der Waals surface area contributed by atoms with E-state index in [1.54, 1.807) is 31.4 Å². The molecule has 1 heterocycles. The molecule has 0 saturated heterocycles. The summed E-state index contributed by atoms with van der Waals surface area (Å²) in [4.78, 5) is 0. The first-order valence-electron chi connectivity index (χ1n) is 6.34. The van der Waals surface area contributed by atoms with Crippen molar-refractivity contribution in [2.24, 2.45) is 0 Å². The van der Waals surface area contributed by atoms with Crippen molar-refractivity contribution in [1.29, 1.82) is 0 Å². The Morgan fingerprint density at radius 2 is 2.05 bits per heavy atom. The van der Waals surface area contributed by atoms with Crippen LogP contribution in [-0.2, 0) is 11.3 Å². The predicted octanol–water partition coefficient (Wildman–Crippen LogP) is 3.21. The summed E-state index contributed by atoms with van der Waals surface area (Å²) in [5.41, 5.74) is 0.494. The highest BCUT2D eigenvalue weighted by Gasteiger charge is 2.08. The van der Waals surface area contributed by atoms with Crippen molar-refractivity contribution in [3.05, 3.63) is 48.0 Å². The van der Waals surface area contributed by atoms with E-state index in [-0.39, 0.29) is 5.82 Å². The van der Waals surface area contributed by atoms with Crippen LogP contribution >= 0.6 is 0 Å². The number of ether oxygens (including phenoxy) is 1. The molecule has 1 aromatic heterocycles. The van der Waals surface area contributed by atoms with Crippen LogP contribution in [0.4, 0.5) is 4.39 Å². The Kier molecular flexibility index (Phi) is 5.12. The van der Waals surface area contributed by atoms with Crippen LogP contribution in [0, 0.1) is 5.82 Å². The minimum atomic E-state index is -0.267. The van der Waals surface area contributed by atoms with E-state index in [0.29, 0.717) is 17.9 Å². The van der Waals surface area contributed by atoms with Gasteiger partial charge in [-0.1, -0.05) is 12.1 Å². The molecule has 0 saturated carbocycles. The van der Waals surface area contributed by atoms with Crippen LogP contribution in [0.15, 0.2) is 40.8 Å². The van der Waals surface area contributed by atoms with Crippen LogP contribution < -0.4 is 5.32 Å². The monoisotopic (exact) mass is 263 g/mol. The topological polar surface area (TPSA) is 34.4 Å². The molecular weight excluding hydrogens is 245 g/mol. The Balaban J connectivity index is 1.91. The van der Waals surface area contributed by atoms with E-state index in [0.717, 1.165) is 25.3 Å². The Morgan fingerprint density at radius 3 is 2.84 bits per heavy atom. The van der Waals surface area contributed by atoms with Crippen molar-refractivity contribution in [3.8, 4) is 11.3 Å². The van der Waals surface area contributed by atoms with E-state index >= 15 is 0 Å². The Bertz CT molecular complexity index is 510. The molecule has 0 aliphatic heterocycles. The van der Waals surface area contributed by atoms with Crippen molar-refractivity contribution in [2.75, 3.05) is 20.3 Å². The lowest BCUT2D eigenvalue weighted by Crippen LogP contribution is -2.15. The van der Waals surface area contributed by atoms with Gasteiger partial charge in [0.1, 0.15) is 17.3 Å². The fraction of sp³-hybridized carbons (Fsp3) is 0.333. The smallest absolute Gasteiger partial charge is 0.137 e. The highest BCUT2D eigenvalue weighted by atomic mass is 19.1. The Labute approximate surface area is 112 Å². The summed E-state index contributed by atoms with van der Waals surface area (Å²) in [5, 5.41) is 3.25. The third-order valence-corrected chi connectivity index (χ3v) is 2.80. The van der Waals surface area contributed by atoms with Gasteiger partial charge in [-0.25, -0.2) is 4.39 Å². The van der Waals surface area contributed by atoms with Crippen molar-refractivity contribution in [3.63, 3.8) is 0 Å². The van der Waals surface area contributed by atoms with Crippen LogP contribution in [0.1, 0.15) is 12.2 Å². The van der Waals surface area contributed by atoms with Gasteiger partial charge >= 0.3 is 0 Å². The maximum atomic E-state index is 13.6. The summed E-state index contributed by atoms with van der Waals surface area (Å²) in [6.07, 6.45) is 0.956. The second-order valence-electron chi connectivity index (χ2n) is 4.27. The quantitative estimate of drug-likeness (QED) is 0.779. The molecule has 0 amide bonds. The summed E-state index contributed by atoms with van der Waals surface area (Å²) in [5.74, 6) is 1.10. The molecule has 0 unspecified atom stereocenters. The number of furan rings is 1.